The van der Waals surface area contributed by atoms with Crippen LogP contribution in [-0.2, 0) is 0 Å². The number of aromatic nitrogens is 2. The van der Waals surface area contributed by atoms with Gasteiger partial charge >= 0.3 is 0 Å². The van der Waals surface area contributed by atoms with E-state index in [-0.39, 0.29) is 0 Å². The Morgan fingerprint density at radius 1 is 1.40 bits per heavy atom. The summed E-state index contributed by atoms with van der Waals surface area (Å²) in [7, 11) is 0. The van der Waals surface area contributed by atoms with Crippen molar-refractivity contribution in [3.63, 3.8) is 0 Å². The first kappa shape index (κ1) is 10.9. The second kappa shape index (κ2) is 5.47. The lowest BCUT2D eigenvalue weighted by atomic mass is 10.3. The molecule has 1 aromatic rings. The summed E-state index contributed by atoms with van der Waals surface area (Å²) < 4.78 is 0. The predicted octanol–water partition coefficient (Wildman–Crippen LogP) is 2.19. The maximum atomic E-state index is 9.86. The maximum absolute atomic E-state index is 9.86. The molecule has 1 aromatic heterocycles. The Hall–Kier alpha value is -0.610. The molecule has 0 amide bonds. The predicted molar refractivity (Wildman–Crippen MR) is 61.7 cm³/mol. The topological polar surface area (TPSA) is 46.0 Å². The van der Waals surface area contributed by atoms with Gasteiger partial charge in [0.15, 0.2) is 0 Å². The molecule has 0 aromatic carbocycles. The highest BCUT2D eigenvalue weighted by Gasteiger charge is 2.18. The van der Waals surface area contributed by atoms with Crippen molar-refractivity contribution < 1.29 is 5.11 Å². The third kappa shape index (κ3) is 3.18. The molecule has 2 rings (SSSR count). The molecule has 0 bridgehead atoms. The Kier molecular flexibility index (Phi) is 3.97. The third-order valence-corrected chi connectivity index (χ3v) is 4.17. The molecule has 0 saturated heterocycles. The van der Waals surface area contributed by atoms with Crippen LogP contribution >= 0.6 is 11.8 Å². The van der Waals surface area contributed by atoms with Gasteiger partial charge in [-0.1, -0.05) is 12.8 Å². The summed E-state index contributed by atoms with van der Waals surface area (Å²) in [4.78, 5) is 8.05. The molecule has 1 saturated carbocycles. The van der Waals surface area contributed by atoms with Crippen molar-refractivity contribution in [2.45, 2.75) is 37.0 Å². The van der Waals surface area contributed by atoms with Gasteiger partial charge in [-0.05, 0) is 12.8 Å². The molecule has 1 atom stereocenters. The molecule has 3 nitrogen and oxygen atoms in total. The lowest BCUT2D eigenvalue weighted by molar-refractivity contribution is 0.198. The van der Waals surface area contributed by atoms with Crippen LogP contribution in [0.1, 0.15) is 37.5 Å². The fourth-order valence-electron chi connectivity index (χ4n) is 1.85. The zero-order valence-electron chi connectivity index (χ0n) is 8.67. The van der Waals surface area contributed by atoms with Crippen molar-refractivity contribution in [1.29, 1.82) is 0 Å². The van der Waals surface area contributed by atoms with E-state index in [2.05, 4.69) is 9.97 Å². The average molecular weight is 224 g/mol. The van der Waals surface area contributed by atoms with Gasteiger partial charge in [-0.2, -0.15) is 11.8 Å². The second-order valence-electron chi connectivity index (χ2n) is 3.89. The molecule has 1 N–H and O–H groups in total. The van der Waals surface area contributed by atoms with E-state index in [1.165, 1.54) is 25.7 Å². The van der Waals surface area contributed by atoms with Crippen LogP contribution in [-0.4, -0.2) is 26.1 Å². The van der Waals surface area contributed by atoms with E-state index in [1.807, 2.05) is 11.8 Å². The van der Waals surface area contributed by atoms with Crippen LogP contribution in [0.25, 0.3) is 0 Å². The summed E-state index contributed by atoms with van der Waals surface area (Å²) in [6.45, 7) is 0. The third-order valence-electron chi connectivity index (χ3n) is 2.72. The van der Waals surface area contributed by atoms with Crippen molar-refractivity contribution in [3.05, 3.63) is 24.3 Å². The average Bonchev–Trinajstić information content (AvgIpc) is 2.80. The van der Waals surface area contributed by atoms with Gasteiger partial charge in [-0.15, -0.1) is 0 Å². The molecule has 0 aliphatic heterocycles. The molecule has 0 radical (unpaired) electrons. The first-order valence-electron chi connectivity index (χ1n) is 5.42. The quantitative estimate of drug-likeness (QED) is 0.851. The number of hydrogen-bond donors (Lipinski definition) is 1. The highest BCUT2D eigenvalue weighted by Crippen LogP contribution is 2.31. The van der Waals surface area contributed by atoms with Gasteiger partial charge in [-0.3, -0.25) is 9.97 Å². The Labute approximate surface area is 94.3 Å². The minimum atomic E-state index is -0.468. The molecule has 82 valence electrons. The van der Waals surface area contributed by atoms with Crippen LogP contribution in [0.3, 0.4) is 0 Å². The molecule has 1 fully saturated rings. The molecular formula is C11H16N2OS. The Balaban J connectivity index is 1.79. The van der Waals surface area contributed by atoms with E-state index in [1.54, 1.807) is 18.6 Å². The van der Waals surface area contributed by atoms with Gasteiger partial charge < -0.3 is 5.11 Å². The van der Waals surface area contributed by atoms with Crippen LogP contribution in [0.15, 0.2) is 18.6 Å². The maximum Gasteiger partial charge on any atom is 0.106 e. The lowest BCUT2D eigenvalue weighted by Gasteiger charge is -2.12. The molecule has 0 spiro atoms. The van der Waals surface area contributed by atoms with Gasteiger partial charge in [0, 0.05) is 23.4 Å². The van der Waals surface area contributed by atoms with Crippen molar-refractivity contribution in [1.82, 2.24) is 9.97 Å². The number of thioether (sulfide) groups is 1. The number of aliphatic hydroxyl groups excluding tert-OH is 1. The summed E-state index contributed by atoms with van der Waals surface area (Å²) >= 11 is 1.87. The van der Waals surface area contributed by atoms with Crippen molar-refractivity contribution in [2.24, 2.45) is 0 Å². The summed E-state index contributed by atoms with van der Waals surface area (Å²) in [5.74, 6) is 0.739. The Morgan fingerprint density at radius 3 is 2.87 bits per heavy atom. The summed E-state index contributed by atoms with van der Waals surface area (Å²) in [6.07, 6.45) is 9.72. The summed E-state index contributed by atoms with van der Waals surface area (Å²) in [5.41, 5.74) is 0.683. The van der Waals surface area contributed by atoms with Crippen LogP contribution in [0, 0.1) is 0 Å². The molecule has 1 unspecified atom stereocenters. The zero-order valence-corrected chi connectivity index (χ0v) is 9.49. The summed E-state index contributed by atoms with van der Waals surface area (Å²) in [6, 6.07) is 0. The van der Waals surface area contributed by atoms with E-state index < -0.39 is 6.10 Å². The second-order valence-corrected chi connectivity index (χ2v) is 5.22. The monoisotopic (exact) mass is 224 g/mol. The highest BCUT2D eigenvalue weighted by atomic mass is 32.2. The van der Waals surface area contributed by atoms with E-state index in [4.69, 9.17) is 0 Å². The highest BCUT2D eigenvalue weighted by molar-refractivity contribution is 7.99. The first-order chi connectivity index (χ1) is 7.36. The fourth-order valence-corrected chi connectivity index (χ4v) is 3.14. The molecule has 15 heavy (non-hydrogen) atoms. The van der Waals surface area contributed by atoms with Crippen LogP contribution in [0.5, 0.6) is 0 Å². The fraction of sp³-hybridized carbons (Fsp3) is 0.636. The molecule has 4 heteroatoms. The van der Waals surface area contributed by atoms with E-state index in [9.17, 15) is 5.11 Å². The SMILES string of the molecule is OC(CSC1CCCC1)c1cnccn1. The van der Waals surface area contributed by atoms with Crippen molar-refractivity contribution >= 4 is 11.8 Å². The van der Waals surface area contributed by atoms with Gasteiger partial charge in [0.1, 0.15) is 6.10 Å². The zero-order chi connectivity index (χ0) is 10.5. The molecular weight excluding hydrogens is 208 g/mol. The lowest BCUT2D eigenvalue weighted by Crippen LogP contribution is -2.06. The number of nitrogens with zero attached hydrogens (tertiary/aromatic N) is 2. The van der Waals surface area contributed by atoms with E-state index >= 15 is 0 Å². The largest absolute Gasteiger partial charge is 0.386 e. The van der Waals surface area contributed by atoms with E-state index in [0.29, 0.717) is 5.69 Å². The summed E-state index contributed by atoms with van der Waals surface area (Å²) in [5, 5.41) is 10.6. The van der Waals surface area contributed by atoms with Crippen LogP contribution < -0.4 is 0 Å². The first-order valence-corrected chi connectivity index (χ1v) is 6.46. The Morgan fingerprint density at radius 2 is 2.20 bits per heavy atom. The normalized spacial score (nSPS) is 19.3. The van der Waals surface area contributed by atoms with Crippen LogP contribution in [0.2, 0.25) is 0 Å². The minimum absolute atomic E-state index is 0.468. The number of rotatable bonds is 4. The van der Waals surface area contributed by atoms with Crippen molar-refractivity contribution in [2.75, 3.05) is 5.75 Å². The Bertz CT molecular complexity index is 288. The van der Waals surface area contributed by atoms with Gasteiger partial charge in [-0.25, -0.2) is 0 Å². The van der Waals surface area contributed by atoms with Gasteiger partial charge in [0.25, 0.3) is 0 Å². The van der Waals surface area contributed by atoms with Crippen LogP contribution in [0.4, 0.5) is 0 Å². The van der Waals surface area contributed by atoms with Gasteiger partial charge in [0.05, 0.1) is 11.9 Å². The number of hydrogen-bond acceptors (Lipinski definition) is 4. The molecule has 1 heterocycles. The smallest absolute Gasteiger partial charge is 0.106 e. The minimum Gasteiger partial charge on any atom is -0.386 e. The van der Waals surface area contributed by atoms with Gasteiger partial charge in [0.2, 0.25) is 0 Å². The van der Waals surface area contributed by atoms with E-state index in [0.717, 1.165) is 11.0 Å². The van der Waals surface area contributed by atoms with Crippen molar-refractivity contribution in [3.8, 4) is 0 Å². The standard InChI is InChI=1S/C11H16N2OS/c14-11(10-7-12-5-6-13-10)8-15-9-3-1-2-4-9/h5-7,9,11,14H,1-4,8H2. The molecule has 1 aliphatic rings. The molecule has 1 aliphatic carbocycles. The number of aliphatic hydroxyl groups is 1.